The summed E-state index contributed by atoms with van der Waals surface area (Å²) in [5, 5.41) is 3.78. The molecule has 5 heterocycles. The van der Waals surface area contributed by atoms with Gasteiger partial charge in [0.05, 0.1) is 18.9 Å². The first kappa shape index (κ1) is 23.5. The van der Waals surface area contributed by atoms with Gasteiger partial charge in [-0.2, -0.15) is 4.98 Å². The molecule has 0 saturated carbocycles. The Morgan fingerprint density at radius 2 is 1.79 bits per heavy atom. The summed E-state index contributed by atoms with van der Waals surface area (Å²) >= 11 is 0. The first-order chi connectivity index (χ1) is 18.7. The van der Waals surface area contributed by atoms with Crippen molar-refractivity contribution >= 4 is 28.8 Å². The van der Waals surface area contributed by atoms with E-state index in [1.165, 1.54) is 0 Å². The SMILES string of the molecule is Nc1ncc(-c2nc(N3CCOCC3)nc3c2ccn3-c2ccc(C(=O)NCc3cccnc3)cc2)cn1. The number of pyridine rings is 1. The maximum absolute atomic E-state index is 12.7. The van der Waals surface area contributed by atoms with Gasteiger partial charge in [0.1, 0.15) is 0 Å². The summed E-state index contributed by atoms with van der Waals surface area (Å²) in [6.45, 7) is 3.05. The molecule has 1 fully saturated rings. The van der Waals surface area contributed by atoms with Gasteiger partial charge in [0.15, 0.2) is 5.65 Å². The summed E-state index contributed by atoms with van der Waals surface area (Å²) in [4.78, 5) is 37.0. The number of morpholine rings is 1. The number of nitrogens with zero attached hydrogens (tertiary/aromatic N) is 7. The Hall–Kier alpha value is -4.90. The number of benzene rings is 1. The van der Waals surface area contributed by atoms with Gasteiger partial charge in [-0.3, -0.25) is 9.78 Å². The quantitative estimate of drug-likeness (QED) is 0.355. The summed E-state index contributed by atoms with van der Waals surface area (Å²) in [6, 6.07) is 13.2. The maximum Gasteiger partial charge on any atom is 0.251 e. The van der Waals surface area contributed by atoms with Crippen molar-refractivity contribution in [3.63, 3.8) is 0 Å². The predicted octanol–water partition coefficient (Wildman–Crippen LogP) is 2.62. The van der Waals surface area contributed by atoms with Crippen LogP contribution in [0.1, 0.15) is 15.9 Å². The monoisotopic (exact) mass is 507 g/mol. The minimum absolute atomic E-state index is 0.152. The molecule has 11 nitrogen and oxygen atoms in total. The van der Waals surface area contributed by atoms with E-state index in [0.29, 0.717) is 44.4 Å². The molecule has 1 aromatic carbocycles. The molecule has 0 radical (unpaired) electrons. The van der Waals surface area contributed by atoms with Gasteiger partial charge in [-0.05, 0) is 42.0 Å². The van der Waals surface area contributed by atoms with Crippen LogP contribution in [0.15, 0.2) is 73.4 Å². The summed E-state index contributed by atoms with van der Waals surface area (Å²) in [5.74, 6) is 0.661. The minimum atomic E-state index is -0.152. The second-order valence-corrected chi connectivity index (χ2v) is 8.82. The van der Waals surface area contributed by atoms with Gasteiger partial charge in [0.2, 0.25) is 11.9 Å². The van der Waals surface area contributed by atoms with Crippen molar-refractivity contribution in [1.82, 2.24) is 34.8 Å². The van der Waals surface area contributed by atoms with E-state index < -0.39 is 0 Å². The molecule has 1 aliphatic heterocycles. The first-order valence-corrected chi connectivity index (χ1v) is 12.2. The number of ether oxygens (including phenoxy) is 1. The van der Waals surface area contributed by atoms with E-state index in [1.807, 2.05) is 41.1 Å². The van der Waals surface area contributed by atoms with Gasteiger partial charge < -0.3 is 25.3 Å². The topological polar surface area (TPSA) is 137 Å². The highest BCUT2D eigenvalue weighted by atomic mass is 16.5. The number of aromatic nitrogens is 6. The van der Waals surface area contributed by atoms with E-state index in [1.54, 1.807) is 36.9 Å². The average Bonchev–Trinajstić information content (AvgIpc) is 3.41. The van der Waals surface area contributed by atoms with Crippen LogP contribution in [0.2, 0.25) is 0 Å². The highest BCUT2D eigenvalue weighted by molar-refractivity contribution is 5.95. The van der Waals surface area contributed by atoms with Crippen LogP contribution in [0.4, 0.5) is 11.9 Å². The average molecular weight is 508 g/mol. The van der Waals surface area contributed by atoms with Crippen LogP contribution < -0.4 is 16.0 Å². The van der Waals surface area contributed by atoms with Crippen molar-refractivity contribution in [2.24, 2.45) is 0 Å². The number of nitrogen functional groups attached to an aromatic ring is 1. The van der Waals surface area contributed by atoms with E-state index in [4.69, 9.17) is 20.4 Å². The normalized spacial score (nSPS) is 13.5. The molecule has 0 spiro atoms. The molecule has 1 saturated heterocycles. The zero-order valence-electron chi connectivity index (χ0n) is 20.5. The first-order valence-electron chi connectivity index (χ1n) is 12.2. The van der Waals surface area contributed by atoms with Crippen LogP contribution in [0.5, 0.6) is 0 Å². The lowest BCUT2D eigenvalue weighted by atomic mass is 10.1. The molecule has 4 aromatic heterocycles. The number of nitrogens with one attached hydrogen (secondary N) is 1. The fourth-order valence-corrected chi connectivity index (χ4v) is 4.36. The van der Waals surface area contributed by atoms with Crippen LogP contribution in [-0.2, 0) is 11.3 Å². The number of nitrogens with two attached hydrogens (primary N) is 1. The van der Waals surface area contributed by atoms with Gasteiger partial charge in [0, 0.05) is 72.8 Å². The second kappa shape index (κ2) is 10.2. The largest absolute Gasteiger partial charge is 0.378 e. The molecule has 3 N–H and O–H groups in total. The lowest BCUT2D eigenvalue weighted by Gasteiger charge is -2.27. The van der Waals surface area contributed by atoms with Gasteiger partial charge in [0.25, 0.3) is 5.91 Å². The molecule has 38 heavy (non-hydrogen) atoms. The predicted molar refractivity (Wildman–Crippen MR) is 143 cm³/mol. The lowest BCUT2D eigenvalue weighted by molar-refractivity contribution is 0.0951. The second-order valence-electron chi connectivity index (χ2n) is 8.82. The molecule has 11 heteroatoms. The molecular weight excluding hydrogens is 482 g/mol. The summed E-state index contributed by atoms with van der Waals surface area (Å²) < 4.78 is 7.50. The Bertz CT molecular complexity index is 1560. The number of hydrogen-bond donors (Lipinski definition) is 2. The van der Waals surface area contributed by atoms with Crippen molar-refractivity contribution in [3.05, 3.63) is 84.6 Å². The van der Waals surface area contributed by atoms with Crippen LogP contribution in [0.3, 0.4) is 0 Å². The standard InChI is InChI=1S/C27H25N9O2/c28-26-31-16-20(17-32-26)23-22-7-9-36(24(22)34-27(33-23)35-10-12-38-13-11-35)21-5-3-19(4-6-21)25(37)30-15-18-2-1-8-29-14-18/h1-9,14,16-17H,10-13,15H2,(H,30,37)(H2,28,31,32). The Labute approximate surface area is 218 Å². The van der Waals surface area contributed by atoms with Crippen LogP contribution in [0, 0.1) is 0 Å². The molecule has 190 valence electrons. The summed E-state index contributed by atoms with van der Waals surface area (Å²) in [7, 11) is 0. The molecule has 1 aliphatic rings. The van der Waals surface area contributed by atoms with E-state index in [9.17, 15) is 4.79 Å². The molecule has 1 amide bonds. The van der Waals surface area contributed by atoms with Crippen LogP contribution >= 0.6 is 0 Å². The van der Waals surface area contributed by atoms with E-state index in [-0.39, 0.29) is 11.9 Å². The van der Waals surface area contributed by atoms with Gasteiger partial charge in [-0.15, -0.1) is 0 Å². The summed E-state index contributed by atoms with van der Waals surface area (Å²) in [5.41, 5.74) is 10.3. The molecule has 6 rings (SSSR count). The minimum Gasteiger partial charge on any atom is -0.378 e. The Kier molecular flexibility index (Phi) is 6.32. The van der Waals surface area contributed by atoms with E-state index in [2.05, 4.69) is 25.2 Å². The van der Waals surface area contributed by atoms with Gasteiger partial charge in [-0.1, -0.05) is 6.07 Å². The van der Waals surface area contributed by atoms with Crippen molar-refractivity contribution in [3.8, 4) is 16.9 Å². The Balaban J connectivity index is 1.33. The number of hydrogen-bond acceptors (Lipinski definition) is 9. The zero-order valence-corrected chi connectivity index (χ0v) is 20.5. The molecule has 0 bridgehead atoms. The fourth-order valence-electron chi connectivity index (χ4n) is 4.36. The van der Waals surface area contributed by atoms with Gasteiger partial charge >= 0.3 is 0 Å². The Morgan fingerprint density at radius 3 is 2.53 bits per heavy atom. The third-order valence-electron chi connectivity index (χ3n) is 6.35. The van der Waals surface area contributed by atoms with Crippen molar-refractivity contribution < 1.29 is 9.53 Å². The van der Waals surface area contributed by atoms with Crippen LogP contribution in [0.25, 0.3) is 28.0 Å². The molecule has 0 aliphatic carbocycles. The maximum atomic E-state index is 12.7. The fraction of sp³-hybridized carbons (Fsp3) is 0.185. The number of amides is 1. The number of carbonyl (C=O) groups excluding carboxylic acids is 1. The lowest BCUT2D eigenvalue weighted by Crippen LogP contribution is -2.37. The van der Waals surface area contributed by atoms with E-state index in [0.717, 1.165) is 33.5 Å². The highest BCUT2D eigenvalue weighted by Gasteiger charge is 2.20. The molecule has 5 aromatic rings. The van der Waals surface area contributed by atoms with Crippen LogP contribution in [-0.4, -0.2) is 61.7 Å². The molecular formula is C27H25N9O2. The van der Waals surface area contributed by atoms with E-state index >= 15 is 0 Å². The molecule has 0 atom stereocenters. The highest BCUT2D eigenvalue weighted by Crippen LogP contribution is 2.30. The van der Waals surface area contributed by atoms with Crippen molar-refractivity contribution in [2.45, 2.75) is 6.54 Å². The Morgan fingerprint density at radius 1 is 1.00 bits per heavy atom. The third-order valence-corrected chi connectivity index (χ3v) is 6.35. The van der Waals surface area contributed by atoms with Gasteiger partial charge in [-0.25, -0.2) is 15.0 Å². The zero-order chi connectivity index (χ0) is 25.9. The van der Waals surface area contributed by atoms with Crippen molar-refractivity contribution in [1.29, 1.82) is 0 Å². The summed E-state index contributed by atoms with van der Waals surface area (Å²) in [6.07, 6.45) is 8.73. The number of anilines is 2. The molecule has 0 unspecified atom stereocenters. The number of fused-ring (bicyclic) bond motifs is 1. The smallest absolute Gasteiger partial charge is 0.251 e. The third kappa shape index (κ3) is 4.74. The number of rotatable bonds is 6. The number of carbonyl (C=O) groups is 1. The van der Waals surface area contributed by atoms with Crippen molar-refractivity contribution in [2.75, 3.05) is 36.9 Å².